The number of carbonyl (C=O) groups excluding carboxylic acids is 1. The summed E-state index contributed by atoms with van der Waals surface area (Å²) in [5.74, 6) is 0.424. The fourth-order valence-corrected chi connectivity index (χ4v) is 3.07. The topological polar surface area (TPSA) is 29.5 Å². The molecular weight excluding hydrogens is 238 g/mol. The lowest BCUT2D eigenvalue weighted by Gasteiger charge is -2.30. The quantitative estimate of drug-likeness (QED) is 0.817. The Bertz CT molecular complexity index is 458. The van der Waals surface area contributed by atoms with Gasteiger partial charge in [0.2, 0.25) is 0 Å². The smallest absolute Gasteiger partial charge is 0.142 e. The molecule has 1 unspecified atom stereocenters. The molecule has 1 atom stereocenters. The molecule has 3 rings (SSSR count). The van der Waals surface area contributed by atoms with Gasteiger partial charge in [-0.1, -0.05) is 18.2 Å². The summed E-state index contributed by atoms with van der Waals surface area (Å²) < 4.78 is 5.47. The van der Waals surface area contributed by atoms with Crippen molar-refractivity contribution >= 4 is 11.5 Å². The Morgan fingerprint density at radius 3 is 3.00 bits per heavy atom. The first-order valence-electron chi connectivity index (χ1n) is 7.28. The highest BCUT2D eigenvalue weighted by Crippen LogP contribution is 2.27. The Kier molecular flexibility index (Phi) is 3.83. The molecule has 3 heteroatoms. The zero-order chi connectivity index (χ0) is 13.1. The molecule has 0 N–H and O–H groups in total. The fraction of sp³-hybridized carbons (Fsp3) is 0.562. The molecule has 0 radical (unpaired) electrons. The van der Waals surface area contributed by atoms with Crippen LogP contribution in [0.15, 0.2) is 24.3 Å². The highest BCUT2D eigenvalue weighted by atomic mass is 16.5. The van der Waals surface area contributed by atoms with Crippen LogP contribution in [0.5, 0.6) is 0 Å². The Hall–Kier alpha value is -1.35. The molecule has 3 nitrogen and oxygen atoms in total. The Labute approximate surface area is 114 Å². The summed E-state index contributed by atoms with van der Waals surface area (Å²) in [5.41, 5.74) is 2.74. The van der Waals surface area contributed by atoms with Crippen LogP contribution in [0.25, 0.3) is 0 Å². The van der Waals surface area contributed by atoms with Crippen LogP contribution in [0.2, 0.25) is 0 Å². The first kappa shape index (κ1) is 12.7. The third kappa shape index (κ3) is 2.81. The van der Waals surface area contributed by atoms with Crippen molar-refractivity contribution < 1.29 is 9.53 Å². The summed E-state index contributed by atoms with van der Waals surface area (Å²) in [5, 5.41) is 0. The first-order valence-corrected chi connectivity index (χ1v) is 7.28. The molecule has 0 bridgehead atoms. The van der Waals surface area contributed by atoms with Crippen molar-refractivity contribution in [3.63, 3.8) is 0 Å². The lowest BCUT2D eigenvalue weighted by Crippen LogP contribution is -2.39. The minimum absolute atomic E-state index is 0.0555. The average molecular weight is 259 g/mol. The normalized spacial score (nSPS) is 23.9. The van der Waals surface area contributed by atoms with Gasteiger partial charge in [0.15, 0.2) is 0 Å². The number of benzene rings is 1. The number of nitrogens with zero attached hydrogens (tertiary/aromatic N) is 1. The summed E-state index contributed by atoms with van der Waals surface area (Å²) in [6, 6.07) is 8.61. The van der Waals surface area contributed by atoms with Crippen LogP contribution in [0.1, 0.15) is 24.8 Å². The molecule has 1 aromatic carbocycles. The second kappa shape index (κ2) is 5.74. The molecule has 1 saturated heterocycles. The minimum Gasteiger partial charge on any atom is -0.380 e. The summed E-state index contributed by atoms with van der Waals surface area (Å²) in [4.78, 5) is 14.3. The van der Waals surface area contributed by atoms with Gasteiger partial charge >= 0.3 is 0 Å². The van der Waals surface area contributed by atoms with E-state index >= 15 is 0 Å². The molecule has 0 aromatic heterocycles. The maximum absolute atomic E-state index is 12.0. The van der Waals surface area contributed by atoms with Crippen LogP contribution in [-0.4, -0.2) is 32.1 Å². The van der Waals surface area contributed by atoms with Gasteiger partial charge in [-0.05, 0) is 30.9 Å². The van der Waals surface area contributed by atoms with Gasteiger partial charge in [0, 0.05) is 25.2 Å². The van der Waals surface area contributed by atoms with E-state index in [1.807, 2.05) is 0 Å². The minimum atomic E-state index is 0.0555. The third-order valence-corrected chi connectivity index (χ3v) is 4.16. The third-order valence-electron chi connectivity index (χ3n) is 4.16. The van der Waals surface area contributed by atoms with Crippen LogP contribution in [-0.2, 0) is 16.0 Å². The van der Waals surface area contributed by atoms with Gasteiger partial charge in [-0.25, -0.2) is 0 Å². The summed E-state index contributed by atoms with van der Waals surface area (Å²) in [7, 11) is 0. The number of anilines is 1. The van der Waals surface area contributed by atoms with E-state index in [-0.39, 0.29) is 5.92 Å². The molecule has 0 saturated carbocycles. The zero-order valence-corrected chi connectivity index (χ0v) is 11.3. The Morgan fingerprint density at radius 1 is 1.21 bits per heavy atom. The number of hydrogen-bond acceptors (Lipinski definition) is 3. The monoisotopic (exact) mass is 259 g/mol. The number of ketones is 1. The number of Topliss-reactive ketones (excluding diaryl/α,β-unsaturated/α-hetero) is 1. The van der Waals surface area contributed by atoms with Crippen molar-refractivity contribution in [3.05, 3.63) is 29.8 Å². The number of carbonyl (C=O) groups is 1. The van der Waals surface area contributed by atoms with Gasteiger partial charge < -0.3 is 9.64 Å². The predicted molar refractivity (Wildman–Crippen MR) is 75.5 cm³/mol. The molecule has 0 amide bonds. The first-order chi connectivity index (χ1) is 9.34. The van der Waals surface area contributed by atoms with E-state index in [0.29, 0.717) is 25.4 Å². The highest BCUT2D eigenvalue weighted by Gasteiger charge is 2.26. The standard InChI is InChI=1S/C16H21NO2/c18-16-8-10-19-12-14(16)11-17-9-4-3-6-13-5-1-2-7-15(13)17/h1-2,5,7,14H,3-4,6,8-12H2. The van der Waals surface area contributed by atoms with Crippen molar-refractivity contribution in [2.24, 2.45) is 5.92 Å². The van der Waals surface area contributed by atoms with Gasteiger partial charge in [-0.3, -0.25) is 4.79 Å². The van der Waals surface area contributed by atoms with Crippen LogP contribution in [0.3, 0.4) is 0 Å². The molecule has 19 heavy (non-hydrogen) atoms. The van der Waals surface area contributed by atoms with E-state index in [4.69, 9.17) is 4.74 Å². The molecule has 2 aliphatic heterocycles. The number of aryl methyl sites for hydroxylation is 1. The maximum atomic E-state index is 12.0. The second-order valence-electron chi connectivity index (χ2n) is 5.52. The largest absolute Gasteiger partial charge is 0.380 e. The number of para-hydroxylation sites is 1. The van der Waals surface area contributed by atoms with E-state index in [1.54, 1.807) is 0 Å². The molecule has 2 aliphatic rings. The van der Waals surface area contributed by atoms with E-state index in [9.17, 15) is 4.79 Å². The fourth-order valence-electron chi connectivity index (χ4n) is 3.07. The second-order valence-corrected chi connectivity index (χ2v) is 5.52. The van der Waals surface area contributed by atoms with Gasteiger partial charge in [0.25, 0.3) is 0 Å². The molecule has 1 aromatic rings. The van der Waals surface area contributed by atoms with Crippen LogP contribution >= 0.6 is 0 Å². The van der Waals surface area contributed by atoms with Gasteiger partial charge in [-0.15, -0.1) is 0 Å². The van der Waals surface area contributed by atoms with Gasteiger partial charge in [-0.2, -0.15) is 0 Å². The Balaban J connectivity index is 1.78. The SMILES string of the molecule is O=C1CCOCC1CN1CCCCc2ccccc21. The zero-order valence-electron chi connectivity index (χ0n) is 11.3. The molecule has 2 heterocycles. The number of fused-ring (bicyclic) bond motifs is 1. The Morgan fingerprint density at radius 2 is 2.11 bits per heavy atom. The lowest BCUT2D eigenvalue weighted by molar-refractivity contribution is -0.129. The van der Waals surface area contributed by atoms with Crippen molar-refractivity contribution in [1.29, 1.82) is 0 Å². The van der Waals surface area contributed by atoms with Crippen LogP contribution in [0.4, 0.5) is 5.69 Å². The predicted octanol–water partition coefficient (Wildman–Crippen LogP) is 2.43. The average Bonchev–Trinajstić information content (AvgIpc) is 2.64. The van der Waals surface area contributed by atoms with Gasteiger partial charge in [0.05, 0.1) is 19.1 Å². The maximum Gasteiger partial charge on any atom is 0.142 e. The van der Waals surface area contributed by atoms with E-state index in [1.165, 1.54) is 24.1 Å². The van der Waals surface area contributed by atoms with Crippen molar-refractivity contribution in [2.45, 2.75) is 25.7 Å². The van der Waals surface area contributed by atoms with Crippen molar-refractivity contribution in [1.82, 2.24) is 0 Å². The summed E-state index contributed by atoms with van der Waals surface area (Å²) >= 11 is 0. The highest BCUT2D eigenvalue weighted by molar-refractivity contribution is 5.82. The van der Waals surface area contributed by atoms with E-state index < -0.39 is 0 Å². The molecule has 1 fully saturated rings. The van der Waals surface area contributed by atoms with E-state index in [2.05, 4.69) is 29.2 Å². The van der Waals surface area contributed by atoms with E-state index in [0.717, 1.165) is 19.5 Å². The molecule has 0 aliphatic carbocycles. The molecular formula is C16H21NO2. The summed E-state index contributed by atoms with van der Waals surface area (Å²) in [6.45, 7) is 3.07. The molecule has 102 valence electrons. The van der Waals surface area contributed by atoms with Crippen LogP contribution < -0.4 is 4.90 Å². The number of hydrogen-bond donors (Lipinski definition) is 0. The summed E-state index contributed by atoms with van der Waals surface area (Å²) in [6.07, 6.45) is 4.18. The molecule has 0 spiro atoms. The van der Waals surface area contributed by atoms with Crippen molar-refractivity contribution in [2.75, 3.05) is 31.2 Å². The van der Waals surface area contributed by atoms with Crippen LogP contribution in [0, 0.1) is 5.92 Å². The van der Waals surface area contributed by atoms with Gasteiger partial charge in [0.1, 0.15) is 5.78 Å². The van der Waals surface area contributed by atoms with Crippen molar-refractivity contribution in [3.8, 4) is 0 Å². The number of rotatable bonds is 2. The lowest BCUT2D eigenvalue weighted by atomic mass is 9.99. The number of ether oxygens (including phenoxy) is 1.